The van der Waals surface area contributed by atoms with Crippen molar-refractivity contribution in [3.63, 3.8) is 0 Å². The number of nitrogens with zero attached hydrogens (tertiary/aromatic N) is 1. The summed E-state index contributed by atoms with van der Waals surface area (Å²) in [6.07, 6.45) is 1.87. The highest BCUT2D eigenvalue weighted by atomic mass is 14.7. The molecule has 0 saturated heterocycles. The molecule has 0 atom stereocenters. The Morgan fingerprint density at radius 2 is 1.03 bits per heavy atom. The molecular formula is C29H19N. The van der Waals surface area contributed by atoms with Crippen LogP contribution in [0.3, 0.4) is 0 Å². The number of benzene rings is 5. The fourth-order valence-corrected chi connectivity index (χ4v) is 4.57. The first-order chi connectivity index (χ1) is 14.9. The van der Waals surface area contributed by atoms with Gasteiger partial charge in [0.25, 0.3) is 0 Å². The van der Waals surface area contributed by atoms with Crippen molar-refractivity contribution in [1.29, 1.82) is 0 Å². The SMILES string of the molecule is c1ccc(-c2cc3cc(-c4ccccn4)c4ccccc4c3c3ccccc23)cc1. The van der Waals surface area contributed by atoms with Gasteiger partial charge in [-0.15, -0.1) is 0 Å². The first-order valence-corrected chi connectivity index (χ1v) is 10.2. The third kappa shape index (κ3) is 2.60. The van der Waals surface area contributed by atoms with Gasteiger partial charge in [0.1, 0.15) is 0 Å². The molecule has 0 unspecified atom stereocenters. The Hall–Kier alpha value is -3.97. The van der Waals surface area contributed by atoms with Crippen LogP contribution in [0.4, 0.5) is 0 Å². The van der Waals surface area contributed by atoms with Crippen molar-refractivity contribution in [3.8, 4) is 22.4 Å². The normalized spacial score (nSPS) is 11.3. The second kappa shape index (κ2) is 6.82. The predicted molar refractivity (Wildman–Crippen MR) is 128 cm³/mol. The molecule has 0 saturated carbocycles. The molecule has 0 aliphatic heterocycles. The molecule has 0 radical (unpaired) electrons. The summed E-state index contributed by atoms with van der Waals surface area (Å²) in [6.45, 7) is 0. The second-order valence-corrected chi connectivity index (χ2v) is 7.62. The molecule has 6 aromatic rings. The van der Waals surface area contributed by atoms with E-state index in [2.05, 4.69) is 108 Å². The van der Waals surface area contributed by atoms with Gasteiger partial charge in [0.2, 0.25) is 0 Å². The van der Waals surface area contributed by atoms with Crippen LogP contribution in [0.5, 0.6) is 0 Å². The molecule has 140 valence electrons. The summed E-state index contributed by atoms with van der Waals surface area (Å²) in [5, 5.41) is 7.63. The second-order valence-electron chi connectivity index (χ2n) is 7.62. The van der Waals surface area contributed by atoms with Crippen LogP contribution in [-0.4, -0.2) is 4.98 Å². The molecule has 6 rings (SSSR count). The van der Waals surface area contributed by atoms with Crippen molar-refractivity contribution < 1.29 is 0 Å². The van der Waals surface area contributed by atoms with Crippen LogP contribution in [-0.2, 0) is 0 Å². The summed E-state index contributed by atoms with van der Waals surface area (Å²) >= 11 is 0. The van der Waals surface area contributed by atoms with E-state index in [1.807, 2.05) is 12.3 Å². The molecule has 1 heteroatoms. The third-order valence-electron chi connectivity index (χ3n) is 5.89. The maximum Gasteiger partial charge on any atom is 0.0708 e. The Balaban J connectivity index is 1.82. The lowest BCUT2D eigenvalue weighted by atomic mass is 9.88. The van der Waals surface area contributed by atoms with E-state index < -0.39 is 0 Å². The van der Waals surface area contributed by atoms with Crippen molar-refractivity contribution in [2.45, 2.75) is 0 Å². The lowest BCUT2D eigenvalue weighted by Gasteiger charge is -2.15. The van der Waals surface area contributed by atoms with Crippen LogP contribution in [0.1, 0.15) is 0 Å². The van der Waals surface area contributed by atoms with Crippen LogP contribution < -0.4 is 0 Å². The van der Waals surface area contributed by atoms with E-state index in [4.69, 9.17) is 0 Å². The topological polar surface area (TPSA) is 12.9 Å². The molecule has 0 N–H and O–H groups in total. The minimum absolute atomic E-state index is 1.00. The van der Waals surface area contributed by atoms with Gasteiger partial charge in [-0.1, -0.05) is 84.9 Å². The lowest BCUT2D eigenvalue weighted by Crippen LogP contribution is -1.90. The van der Waals surface area contributed by atoms with E-state index in [1.54, 1.807) is 0 Å². The Labute approximate surface area is 175 Å². The van der Waals surface area contributed by atoms with Gasteiger partial charge in [0.15, 0.2) is 0 Å². The van der Waals surface area contributed by atoms with E-state index in [0.29, 0.717) is 0 Å². The van der Waals surface area contributed by atoms with Crippen molar-refractivity contribution in [2.75, 3.05) is 0 Å². The van der Waals surface area contributed by atoms with Gasteiger partial charge in [-0.3, -0.25) is 4.98 Å². The molecule has 0 aliphatic rings. The Morgan fingerprint density at radius 1 is 0.467 bits per heavy atom. The standard InChI is InChI=1S/C29H19N/c1-2-10-20(11-3-1)26-18-21-19-27(28-16-8-9-17-30-28)23-13-5-7-15-25(23)29(21)24-14-6-4-12-22(24)26/h1-19H. The molecule has 1 heterocycles. The van der Waals surface area contributed by atoms with Crippen LogP contribution in [0.25, 0.3) is 54.7 Å². The molecule has 0 spiro atoms. The Kier molecular flexibility index (Phi) is 3.85. The summed E-state index contributed by atoms with van der Waals surface area (Å²) < 4.78 is 0. The predicted octanol–water partition coefficient (Wildman–Crippen LogP) is 7.88. The molecule has 0 fully saturated rings. The fraction of sp³-hybridized carbons (Fsp3) is 0. The minimum atomic E-state index is 1.00. The number of fused-ring (bicyclic) bond motifs is 5. The van der Waals surface area contributed by atoms with Crippen molar-refractivity contribution in [2.24, 2.45) is 0 Å². The maximum absolute atomic E-state index is 4.65. The number of hydrogen-bond donors (Lipinski definition) is 0. The molecule has 0 bridgehead atoms. The quantitative estimate of drug-likeness (QED) is 0.278. The van der Waals surface area contributed by atoms with Gasteiger partial charge >= 0.3 is 0 Å². The van der Waals surface area contributed by atoms with E-state index >= 15 is 0 Å². The summed E-state index contributed by atoms with van der Waals surface area (Å²) in [7, 11) is 0. The minimum Gasteiger partial charge on any atom is -0.256 e. The van der Waals surface area contributed by atoms with Crippen LogP contribution in [0.15, 0.2) is 115 Å². The molecule has 5 aromatic carbocycles. The smallest absolute Gasteiger partial charge is 0.0708 e. The first kappa shape index (κ1) is 16.9. The lowest BCUT2D eigenvalue weighted by molar-refractivity contribution is 1.33. The highest BCUT2D eigenvalue weighted by Crippen LogP contribution is 2.41. The zero-order valence-electron chi connectivity index (χ0n) is 16.4. The molecule has 0 amide bonds. The van der Waals surface area contributed by atoms with Crippen molar-refractivity contribution in [3.05, 3.63) is 115 Å². The van der Waals surface area contributed by atoms with Gasteiger partial charge in [-0.05, 0) is 67.7 Å². The van der Waals surface area contributed by atoms with E-state index in [-0.39, 0.29) is 0 Å². The van der Waals surface area contributed by atoms with E-state index in [1.165, 1.54) is 49.0 Å². The summed E-state index contributed by atoms with van der Waals surface area (Å²) in [4.78, 5) is 4.65. The first-order valence-electron chi connectivity index (χ1n) is 10.2. The summed E-state index contributed by atoms with van der Waals surface area (Å²) in [5.74, 6) is 0. The number of hydrogen-bond acceptors (Lipinski definition) is 1. The highest BCUT2D eigenvalue weighted by molar-refractivity contribution is 6.25. The van der Waals surface area contributed by atoms with Gasteiger partial charge in [0.05, 0.1) is 5.69 Å². The van der Waals surface area contributed by atoms with Crippen molar-refractivity contribution in [1.82, 2.24) is 4.98 Å². The van der Waals surface area contributed by atoms with Gasteiger partial charge in [-0.25, -0.2) is 0 Å². The summed E-state index contributed by atoms with van der Waals surface area (Å²) in [5.41, 5.74) is 4.68. The highest BCUT2D eigenvalue weighted by Gasteiger charge is 2.14. The molecule has 1 aromatic heterocycles. The van der Waals surface area contributed by atoms with Crippen LogP contribution >= 0.6 is 0 Å². The largest absolute Gasteiger partial charge is 0.256 e. The van der Waals surface area contributed by atoms with Crippen molar-refractivity contribution >= 4 is 32.3 Å². The van der Waals surface area contributed by atoms with Crippen LogP contribution in [0, 0.1) is 0 Å². The number of rotatable bonds is 2. The molecule has 1 nitrogen and oxygen atoms in total. The molecular weight excluding hydrogens is 362 g/mol. The summed E-state index contributed by atoms with van der Waals surface area (Å²) in [6, 6.07) is 38.8. The van der Waals surface area contributed by atoms with Gasteiger partial charge < -0.3 is 0 Å². The number of pyridine rings is 1. The van der Waals surface area contributed by atoms with E-state index in [0.717, 1.165) is 5.69 Å². The Morgan fingerprint density at radius 3 is 1.70 bits per heavy atom. The van der Waals surface area contributed by atoms with Crippen LogP contribution in [0.2, 0.25) is 0 Å². The monoisotopic (exact) mass is 381 g/mol. The number of aromatic nitrogens is 1. The average molecular weight is 381 g/mol. The molecule has 0 aliphatic carbocycles. The zero-order valence-corrected chi connectivity index (χ0v) is 16.4. The van der Waals surface area contributed by atoms with E-state index in [9.17, 15) is 0 Å². The maximum atomic E-state index is 4.65. The fourth-order valence-electron chi connectivity index (χ4n) is 4.57. The zero-order chi connectivity index (χ0) is 19.9. The average Bonchev–Trinajstić information content (AvgIpc) is 2.84. The Bertz CT molecular complexity index is 1400. The van der Waals surface area contributed by atoms with Gasteiger partial charge in [0, 0.05) is 11.8 Å². The third-order valence-corrected chi connectivity index (χ3v) is 5.89. The molecule has 30 heavy (non-hydrogen) atoms. The van der Waals surface area contributed by atoms with Gasteiger partial charge in [-0.2, -0.15) is 0 Å².